The second-order valence-corrected chi connectivity index (χ2v) is 17.0. The Morgan fingerprint density at radius 1 is 0.525 bits per heavy atom. The first kappa shape index (κ1) is 54.5. The zero-order chi connectivity index (χ0) is 46.9. The lowest BCUT2D eigenvalue weighted by Crippen LogP contribution is -2.34. The van der Waals surface area contributed by atoms with Crippen LogP contribution >= 0.6 is 0 Å². The van der Waals surface area contributed by atoms with Crippen LogP contribution in [-0.2, 0) is 46.8 Å². The lowest BCUT2D eigenvalue weighted by atomic mass is 10.1. The predicted octanol–water partition coefficient (Wildman–Crippen LogP) is 9.39. The number of alkyl halides is 9. The number of nitrogens with zero attached hydrogens (tertiary/aromatic N) is 3. The highest BCUT2D eigenvalue weighted by Crippen LogP contribution is 2.32. The molecule has 0 radical (unpaired) electrons. The Balaban J connectivity index is 0.000000435. The molecule has 342 valence electrons. The molecule has 2 heterocycles. The normalized spacial score (nSPS) is 12.2. The van der Waals surface area contributed by atoms with Gasteiger partial charge in [0.05, 0.1) is 11.4 Å². The van der Waals surface area contributed by atoms with Crippen LogP contribution in [0.25, 0.3) is 22.5 Å². The molecule has 0 aliphatic carbocycles. The van der Waals surface area contributed by atoms with Gasteiger partial charge in [-0.15, -0.1) is 3.63 Å². The van der Waals surface area contributed by atoms with Crippen LogP contribution in [-0.4, -0.2) is 81.4 Å². The van der Waals surface area contributed by atoms with Gasteiger partial charge in [-0.3, -0.25) is 9.97 Å². The summed E-state index contributed by atoms with van der Waals surface area (Å²) in [6, 6.07) is 20.2. The van der Waals surface area contributed by atoms with Crippen LogP contribution in [0.2, 0.25) is 0 Å². The summed E-state index contributed by atoms with van der Waals surface area (Å²) in [4.78, 5) is 11.1. The zero-order valence-corrected chi connectivity index (χ0v) is 35.7. The fourth-order valence-corrected chi connectivity index (χ4v) is 6.44. The molecule has 61 heavy (non-hydrogen) atoms. The summed E-state index contributed by atoms with van der Waals surface area (Å²) in [5, 5.41) is 9.20. The summed E-state index contributed by atoms with van der Waals surface area (Å²) in [5.74, 6) is -0.125. The number of halogens is 9. The van der Waals surface area contributed by atoms with Crippen molar-refractivity contribution in [1.82, 2.24) is 14.9 Å². The van der Waals surface area contributed by atoms with Gasteiger partial charge in [-0.25, -0.2) is 0 Å². The smallest absolute Gasteiger partial charge is 0.508 e. The monoisotopic (exact) mass is 941 g/mol. The number of aromatic nitrogens is 2. The maximum Gasteiger partial charge on any atom is 0.534 e. The number of aryl methyl sites for hydroxylation is 2. The van der Waals surface area contributed by atoms with E-state index in [1.165, 1.54) is 37.3 Å². The molecule has 0 aliphatic heterocycles. The average Bonchev–Trinajstić information content (AvgIpc) is 3.16. The summed E-state index contributed by atoms with van der Waals surface area (Å²) in [5.41, 5.74) is -12.4. The van der Waals surface area contributed by atoms with Crippen LogP contribution in [0.5, 0.6) is 11.5 Å². The third-order valence-electron chi connectivity index (χ3n) is 7.62. The van der Waals surface area contributed by atoms with Gasteiger partial charge in [0.1, 0.15) is 11.5 Å². The average molecular weight is 942 g/mol. The fraction of sp³-hybridized carbons (Fsp3) is 0.405. The van der Waals surface area contributed by atoms with Gasteiger partial charge in [-0.05, 0) is 104 Å². The second kappa shape index (κ2) is 23.6. The standard InChI is InChI=1S/C15H14F3NO3S.C14H15NO.C6H15N.C2F6O5S2/c1-2-3-11-4-9-14(19-10-11)12-5-7-13(8-6-12)22-23(20,21)15(16,17)18;1-2-3-11-4-9-14(15-10-11)12-5-7-13(16)8-6-12;1-4-7(5-2)6-3;3-1(4,5)14(9,10)13-15(11,12)2(6,7)8/h4-10H,2-3H2,1H3;4-10,16H,2-3H2,1H3;4-6H2,1-3H3;. The second-order valence-electron chi connectivity index (χ2n) is 12.1. The van der Waals surface area contributed by atoms with E-state index in [-0.39, 0.29) is 5.75 Å². The van der Waals surface area contributed by atoms with Crippen molar-refractivity contribution < 1.29 is 77.7 Å². The topological polar surface area (TPSA) is 170 Å². The Bertz CT molecular complexity index is 2190. The minimum absolute atomic E-state index is 0.284. The Labute approximate surface area is 348 Å². The molecular weight excluding hydrogens is 898 g/mol. The molecule has 4 aromatic rings. The van der Waals surface area contributed by atoms with Crippen molar-refractivity contribution in [2.24, 2.45) is 0 Å². The maximum absolute atomic E-state index is 12.2. The fourth-order valence-electron chi connectivity index (χ4n) is 4.42. The first-order valence-electron chi connectivity index (χ1n) is 17.9. The van der Waals surface area contributed by atoms with E-state index in [1.54, 1.807) is 24.4 Å². The SMILES string of the molecule is CCCc1ccc(-c2ccc(O)cc2)nc1.CCCc1ccc(-c2ccc(OS(=O)(=O)C(F)(F)F)cc2)nc1.CCN(CC)CC.O=S(=O)(OS(=O)(=O)C(F)(F)F)C(F)(F)F. The van der Waals surface area contributed by atoms with E-state index in [0.717, 1.165) is 54.6 Å². The lowest BCUT2D eigenvalue weighted by Gasteiger charge is -2.13. The Morgan fingerprint density at radius 3 is 1.13 bits per heavy atom. The third-order valence-corrected chi connectivity index (χ3v) is 11.2. The molecular formula is C37H44F9N3O9S3. The van der Waals surface area contributed by atoms with Crippen molar-refractivity contribution in [1.29, 1.82) is 0 Å². The zero-order valence-electron chi connectivity index (χ0n) is 33.2. The maximum atomic E-state index is 12.2. The summed E-state index contributed by atoms with van der Waals surface area (Å²) in [6.45, 7) is 14.3. The van der Waals surface area contributed by atoms with Gasteiger partial charge >= 0.3 is 46.9 Å². The molecule has 1 N–H and O–H groups in total. The van der Waals surface area contributed by atoms with E-state index in [9.17, 15) is 69.9 Å². The number of hydrogen-bond acceptors (Lipinski definition) is 12. The predicted molar refractivity (Wildman–Crippen MR) is 209 cm³/mol. The van der Waals surface area contributed by atoms with Crippen LogP contribution in [0.1, 0.15) is 58.6 Å². The molecule has 2 aromatic carbocycles. The van der Waals surface area contributed by atoms with Gasteiger partial charge in [0, 0.05) is 23.5 Å². The van der Waals surface area contributed by atoms with E-state index < -0.39 is 52.6 Å². The molecule has 24 heteroatoms. The summed E-state index contributed by atoms with van der Waals surface area (Å²) in [7, 11) is -19.3. The van der Waals surface area contributed by atoms with Crippen LogP contribution in [0, 0.1) is 0 Å². The summed E-state index contributed by atoms with van der Waals surface area (Å²) in [6.07, 6.45) is 7.78. The number of phenols is 1. The van der Waals surface area contributed by atoms with Crippen molar-refractivity contribution in [2.45, 2.75) is 76.8 Å². The number of aromatic hydroxyl groups is 1. The van der Waals surface area contributed by atoms with Crippen LogP contribution in [0.15, 0.2) is 85.2 Å². The minimum atomic E-state index is -6.85. The van der Waals surface area contributed by atoms with E-state index in [0.29, 0.717) is 11.3 Å². The molecule has 0 aliphatic rings. The molecule has 0 atom stereocenters. The highest BCUT2D eigenvalue weighted by atomic mass is 32.3. The van der Waals surface area contributed by atoms with Crippen LogP contribution in [0.4, 0.5) is 39.5 Å². The van der Waals surface area contributed by atoms with Gasteiger partial charge in [0.15, 0.2) is 0 Å². The number of pyridine rings is 2. The van der Waals surface area contributed by atoms with Gasteiger partial charge in [0.2, 0.25) is 0 Å². The van der Waals surface area contributed by atoms with Gasteiger partial charge in [-0.1, -0.05) is 59.6 Å². The van der Waals surface area contributed by atoms with E-state index in [2.05, 4.69) is 59.7 Å². The molecule has 4 rings (SSSR count). The van der Waals surface area contributed by atoms with Crippen molar-refractivity contribution in [3.05, 3.63) is 96.3 Å². The van der Waals surface area contributed by atoms with E-state index >= 15 is 0 Å². The van der Waals surface area contributed by atoms with Gasteiger partial charge in [-0.2, -0.15) is 64.8 Å². The number of phenolic OH excluding ortho intramolecular Hbond substituents is 1. The Hall–Kier alpha value is -4.52. The third kappa shape index (κ3) is 18.2. The largest absolute Gasteiger partial charge is 0.534 e. The highest BCUT2D eigenvalue weighted by Gasteiger charge is 2.57. The quantitative estimate of drug-likeness (QED) is 0.0767. The summed E-state index contributed by atoms with van der Waals surface area (Å²) >= 11 is 0. The van der Waals surface area contributed by atoms with Gasteiger partial charge < -0.3 is 14.2 Å². The van der Waals surface area contributed by atoms with Crippen LogP contribution < -0.4 is 4.18 Å². The van der Waals surface area contributed by atoms with Crippen LogP contribution in [0.3, 0.4) is 0 Å². The molecule has 0 bridgehead atoms. The molecule has 0 spiro atoms. The Morgan fingerprint density at radius 2 is 0.869 bits per heavy atom. The van der Waals surface area contributed by atoms with Crippen molar-refractivity contribution in [3.8, 4) is 34.0 Å². The molecule has 0 amide bonds. The lowest BCUT2D eigenvalue weighted by molar-refractivity contribution is -0.0586. The minimum Gasteiger partial charge on any atom is -0.508 e. The van der Waals surface area contributed by atoms with Crippen molar-refractivity contribution in [3.63, 3.8) is 0 Å². The molecule has 0 saturated carbocycles. The number of benzene rings is 2. The van der Waals surface area contributed by atoms with E-state index in [1.807, 2.05) is 34.1 Å². The van der Waals surface area contributed by atoms with Gasteiger partial charge in [0.25, 0.3) is 0 Å². The molecule has 12 nitrogen and oxygen atoms in total. The summed E-state index contributed by atoms with van der Waals surface area (Å²) < 4.78 is 173. The molecule has 0 saturated heterocycles. The number of hydrogen-bond donors (Lipinski definition) is 1. The van der Waals surface area contributed by atoms with Crippen molar-refractivity contribution >= 4 is 30.4 Å². The first-order valence-corrected chi connectivity index (χ1v) is 22.2. The first-order chi connectivity index (χ1) is 28.1. The molecule has 0 fully saturated rings. The Kier molecular flexibility index (Phi) is 21.1. The van der Waals surface area contributed by atoms with E-state index in [4.69, 9.17) is 0 Å². The van der Waals surface area contributed by atoms with Crippen molar-refractivity contribution in [2.75, 3.05) is 19.6 Å². The molecule has 2 aromatic heterocycles. The number of rotatable bonds is 13. The molecule has 0 unspecified atom stereocenters. The highest BCUT2D eigenvalue weighted by molar-refractivity contribution is 8.00.